The van der Waals surface area contributed by atoms with Gasteiger partial charge >= 0.3 is 7.05 Å². The van der Waals surface area contributed by atoms with Gasteiger partial charge in [-0.3, -0.25) is 0 Å². The number of nitrogens with one attached hydrogen (secondary N) is 1. The molecule has 0 radical (unpaired) electrons. The van der Waals surface area contributed by atoms with E-state index in [9.17, 15) is 5.11 Å². The lowest BCUT2D eigenvalue weighted by Gasteiger charge is -2.13. The molecule has 92 valence electrons. The number of aliphatic hydroxyl groups excluding tert-OH is 1. The largest absolute Gasteiger partial charge is 0.416 e. The maximum Gasteiger partial charge on any atom is 0.416 e. The molecule has 2 N–H and O–H groups in total. The van der Waals surface area contributed by atoms with Gasteiger partial charge in [-0.15, -0.1) is 0 Å². The molecule has 0 aliphatic carbocycles. The van der Waals surface area contributed by atoms with Crippen molar-refractivity contribution >= 4 is 12.5 Å². The van der Waals surface area contributed by atoms with Crippen LogP contribution in [0, 0.1) is 5.92 Å². The van der Waals surface area contributed by atoms with Gasteiger partial charge in [0.05, 0.1) is 6.61 Å². The van der Waals surface area contributed by atoms with Crippen molar-refractivity contribution in [3.8, 4) is 0 Å². The highest BCUT2D eigenvalue weighted by atomic mass is 16.5. The Kier molecular flexibility index (Phi) is 4.21. The van der Waals surface area contributed by atoms with Crippen molar-refractivity contribution in [2.45, 2.75) is 32.9 Å². The van der Waals surface area contributed by atoms with E-state index in [1.54, 1.807) is 0 Å². The van der Waals surface area contributed by atoms with Crippen LogP contribution < -0.4 is 10.7 Å². The molecule has 0 amide bonds. The molecule has 2 rings (SSSR count). The molecule has 0 aromatic heterocycles. The zero-order chi connectivity index (χ0) is 12.3. The molecule has 0 saturated carbocycles. The van der Waals surface area contributed by atoms with Crippen molar-refractivity contribution in [3.05, 3.63) is 29.8 Å². The molecule has 1 aromatic rings. The Morgan fingerprint density at radius 3 is 2.94 bits per heavy atom. The van der Waals surface area contributed by atoms with E-state index < -0.39 is 0 Å². The monoisotopic (exact) mass is 233 g/mol. The first-order valence-electron chi connectivity index (χ1n) is 6.27. The molecule has 1 heterocycles. The first-order chi connectivity index (χ1) is 8.20. The van der Waals surface area contributed by atoms with Crippen LogP contribution in [0.25, 0.3) is 0 Å². The van der Waals surface area contributed by atoms with Gasteiger partial charge in [-0.25, -0.2) is 0 Å². The lowest BCUT2D eigenvalue weighted by Crippen LogP contribution is -2.46. The molecular formula is C13H20BNO2. The third kappa shape index (κ3) is 3.09. The number of aliphatic hydroxyl groups is 1. The highest BCUT2D eigenvalue weighted by molar-refractivity contribution is 6.66. The second-order valence-corrected chi connectivity index (χ2v) is 5.06. The molecule has 0 spiro atoms. The Balaban J connectivity index is 2.04. The second kappa shape index (κ2) is 5.67. The molecule has 0 bridgehead atoms. The number of benzene rings is 1. The van der Waals surface area contributed by atoms with Crippen LogP contribution in [0.2, 0.25) is 0 Å². The van der Waals surface area contributed by atoms with Crippen molar-refractivity contribution in [2.24, 2.45) is 5.92 Å². The maximum absolute atomic E-state index is 9.31. The van der Waals surface area contributed by atoms with Gasteiger partial charge in [0.2, 0.25) is 0 Å². The first kappa shape index (κ1) is 12.6. The van der Waals surface area contributed by atoms with E-state index >= 15 is 0 Å². The summed E-state index contributed by atoms with van der Waals surface area (Å²) >= 11 is 0. The smallest absolute Gasteiger partial charge is 0.416 e. The topological polar surface area (TPSA) is 41.5 Å². The molecule has 1 fully saturated rings. The van der Waals surface area contributed by atoms with Crippen LogP contribution in [-0.4, -0.2) is 24.8 Å². The fraction of sp³-hybridized carbons (Fsp3) is 0.538. The summed E-state index contributed by atoms with van der Waals surface area (Å²) in [6.45, 7) is 5.25. The van der Waals surface area contributed by atoms with Crippen molar-refractivity contribution < 1.29 is 9.76 Å². The Morgan fingerprint density at radius 1 is 1.47 bits per heavy atom. The van der Waals surface area contributed by atoms with E-state index in [1.165, 1.54) is 0 Å². The van der Waals surface area contributed by atoms with Crippen molar-refractivity contribution in [2.75, 3.05) is 6.61 Å². The minimum absolute atomic E-state index is 0.0621. The van der Waals surface area contributed by atoms with Crippen LogP contribution >= 0.6 is 0 Å². The van der Waals surface area contributed by atoms with Crippen LogP contribution in [0.5, 0.6) is 0 Å². The average molecular weight is 233 g/mol. The van der Waals surface area contributed by atoms with Crippen molar-refractivity contribution in [3.63, 3.8) is 0 Å². The average Bonchev–Trinajstić information content (AvgIpc) is 2.76. The lowest BCUT2D eigenvalue weighted by atomic mass is 9.71. The zero-order valence-electron chi connectivity index (χ0n) is 10.5. The molecule has 1 aliphatic rings. The summed E-state index contributed by atoms with van der Waals surface area (Å²) < 4.78 is 5.77. The molecular weight excluding hydrogens is 213 g/mol. The van der Waals surface area contributed by atoms with Crippen molar-refractivity contribution in [1.82, 2.24) is 5.23 Å². The van der Waals surface area contributed by atoms with E-state index in [1.807, 2.05) is 24.3 Å². The van der Waals surface area contributed by atoms with Gasteiger partial charge in [-0.05, 0) is 23.4 Å². The van der Waals surface area contributed by atoms with Gasteiger partial charge in [-0.1, -0.05) is 38.1 Å². The number of rotatable bonds is 4. The Hall–Kier alpha value is -0.835. The quantitative estimate of drug-likeness (QED) is 0.759. The third-order valence-electron chi connectivity index (χ3n) is 3.11. The van der Waals surface area contributed by atoms with Crippen LogP contribution in [0.4, 0.5) is 0 Å². The predicted octanol–water partition coefficient (Wildman–Crippen LogP) is 0.909. The third-order valence-corrected chi connectivity index (χ3v) is 3.11. The highest BCUT2D eigenvalue weighted by Crippen LogP contribution is 2.11. The SMILES string of the molecule is CC(C)CC1COB(c2ccccc2CO)N1. The molecule has 1 unspecified atom stereocenters. The summed E-state index contributed by atoms with van der Waals surface area (Å²) in [4.78, 5) is 0. The van der Waals surface area contributed by atoms with Gasteiger partial charge < -0.3 is 15.0 Å². The molecule has 1 atom stereocenters. The molecule has 1 aromatic carbocycles. The molecule has 4 heteroatoms. The van der Waals surface area contributed by atoms with Gasteiger partial charge in [0.1, 0.15) is 0 Å². The van der Waals surface area contributed by atoms with E-state index in [4.69, 9.17) is 4.65 Å². The molecule has 17 heavy (non-hydrogen) atoms. The first-order valence-corrected chi connectivity index (χ1v) is 6.27. The van der Waals surface area contributed by atoms with E-state index in [2.05, 4.69) is 19.1 Å². The molecule has 3 nitrogen and oxygen atoms in total. The second-order valence-electron chi connectivity index (χ2n) is 5.06. The van der Waals surface area contributed by atoms with E-state index in [0.717, 1.165) is 24.1 Å². The molecule has 1 aliphatic heterocycles. The molecule has 1 saturated heterocycles. The predicted molar refractivity (Wildman–Crippen MR) is 70.1 cm³/mol. The van der Waals surface area contributed by atoms with Crippen LogP contribution in [0.3, 0.4) is 0 Å². The van der Waals surface area contributed by atoms with Gasteiger partial charge in [0, 0.05) is 12.6 Å². The minimum atomic E-state index is -0.0675. The summed E-state index contributed by atoms with van der Waals surface area (Å²) in [7, 11) is -0.0675. The standard InChI is InChI=1S/C13H20BNO2/c1-10(2)7-12-9-17-14(15-12)13-6-4-3-5-11(13)8-16/h3-6,10,12,15-16H,7-9H2,1-2H3. The normalized spacial score (nSPS) is 20.2. The maximum atomic E-state index is 9.31. The zero-order valence-corrected chi connectivity index (χ0v) is 10.5. The van der Waals surface area contributed by atoms with E-state index in [0.29, 0.717) is 12.0 Å². The Bertz CT molecular complexity index is 370. The fourth-order valence-electron chi connectivity index (χ4n) is 2.34. The van der Waals surface area contributed by atoms with Crippen LogP contribution in [0.15, 0.2) is 24.3 Å². The van der Waals surface area contributed by atoms with Crippen LogP contribution in [-0.2, 0) is 11.3 Å². The highest BCUT2D eigenvalue weighted by Gasteiger charge is 2.32. The van der Waals surface area contributed by atoms with Crippen LogP contribution in [0.1, 0.15) is 25.8 Å². The number of hydrogen-bond acceptors (Lipinski definition) is 3. The minimum Gasteiger partial charge on any atom is -0.416 e. The van der Waals surface area contributed by atoms with Gasteiger partial charge in [0.15, 0.2) is 0 Å². The Morgan fingerprint density at radius 2 is 2.24 bits per heavy atom. The van der Waals surface area contributed by atoms with Gasteiger partial charge in [0.25, 0.3) is 0 Å². The summed E-state index contributed by atoms with van der Waals surface area (Å²) in [6, 6.07) is 8.30. The fourth-order valence-corrected chi connectivity index (χ4v) is 2.34. The number of hydrogen-bond donors (Lipinski definition) is 2. The summed E-state index contributed by atoms with van der Waals surface area (Å²) in [6.07, 6.45) is 1.12. The Labute approximate surface area is 103 Å². The summed E-state index contributed by atoms with van der Waals surface area (Å²) in [5.41, 5.74) is 2.00. The van der Waals surface area contributed by atoms with Gasteiger partial charge in [-0.2, -0.15) is 0 Å². The van der Waals surface area contributed by atoms with E-state index in [-0.39, 0.29) is 13.7 Å². The summed E-state index contributed by atoms with van der Waals surface area (Å²) in [5, 5.41) is 12.8. The summed E-state index contributed by atoms with van der Waals surface area (Å²) in [5.74, 6) is 0.669. The van der Waals surface area contributed by atoms with Crippen molar-refractivity contribution in [1.29, 1.82) is 0 Å². The lowest BCUT2D eigenvalue weighted by molar-refractivity contribution is 0.282.